The van der Waals surface area contributed by atoms with E-state index in [1.54, 1.807) is 18.2 Å². The fourth-order valence-corrected chi connectivity index (χ4v) is 3.06. The van der Waals surface area contributed by atoms with Crippen molar-refractivity contribution in [3.8, 4) is 11.5 Å². The minimum Gasteiger partial charge on any atom is -0.465 e. The summed E-state index contributed by atoms with van der Waals surface area (Å²) in [5.74, 6) is 0.480. The largest absolute Gasteiger partial charge is 0.465 e. The molecule has 31 heavy (non-hydrogen) atoms. The third-order valence-corrected chi connectivity index (χ3v) is 4.72. The summed E-state index contributed by atoms with van der Waals surface area (Å²) < 4.78 is 23.9. The van der Waals surface area contributed by atoms with Crippen molar-refractivity contribution in [2.24, 2.45) is 0 Å². The van der Waals surface area contributed by atoms with Crippen LogP contribution >= 0.6 is 0 Å². The lowest BCUT2D eigenvalue weighted by Crippen LogP contribution is -2.09. The zero-order valence-corrected chi connectivity index (χ0v) is 17.8. The van der Waals surface area contributed by atoms with Crippen LogP contribution in [0.2, 0.25) is 0 Å². The van der Waals surface area contributed by atoms with E-state index in [0.29, 0.717) is 17.1 Å². The third kappa shape index (κ3) is 6.47. The first-order valence-electron chi connectivity index (χ1n) is 10.4. The van der Waals surface area contributed by atoms with Gasteiger partial charge in [0.2, 0.25) is 0 Å². The van der Waals surface area contributed by atoms with Crippen molar-refractivity contribution >= 4 is 23.0 Å². The number of unbranched alkanes of at least 4 members (excludes halogenated alkanes) is 2. The van der Waals surface area contributed by atoms with Gasteiger partial charge in [0, 0.05) is 23.6 Å². The van der Waals surface area contributed by atoms with Crippen LogP contribution < -0.4 is 15.4 Å². The molecule has 0 aliphatic carbocycles. The number of ether oxygens (including phenoxy) is 2. The van der Waals surface area contributed by atoms with E-state index in [0.717, 1.165) is 42.9 Å². The van der Waals surface area contributed by atoms with Gasteiger partial charge in [-0.05, 0) is 73.2 Å². The molecule has 3 rings (SSSR count). The van der Waals surface area contributed by atoms with Gasteiger partial charge in [-0.15, -0.1) is 0 Å². The quantitative estimate of drug-likeness (QED) is 0.279. The van der Waals surface area contributed by atoms with Crippen LogP contribution in [0.15, 0.2) is 66.7 Å². The number of methoxy groups -OCH3 is 1. The first kappa shape index (κ1) is 22.2. The number of esters is 1. The number of benzene rings is 3. The summed E-state index contributed by atoms with van der Waals surface area (Å²) in [5, 5.41) is 6.50. The minimum atomic E-state index is -0.415. The molecule has 0 saturated carbocycles. The van der Waals surface area contributed by atoms with Crippen LogP contribution in [0.25, 0.3) is 0 Å². The van der Waals surface area contributed by atoms with E-state index in [2.05, 4.69) is 17.6 Å². The molecular formula is C25H27FN2O3. The molecule has 0 bridgehead atoms. The summed E-state index contributed by atoms with van der Waals surface area (Å²) in [5.41, 5.74) is 2.81. The Hall–Kier alpha value is -3.54. The number of anilines is 3. The van der Waals surface area contributed by atoms with E-state index in [4.69, 9.17) is 9.47 Å². The van der Waals surface area contributed by atoms with Crippen LogP contribution in [-0.2, 0) is 4.74 Å². The second-order valence-corrected chi connectivity index (χ2v) is 7.09. The topological polar surface area (TPSA) is 59.6 Å². The average Bonchev–Trinajstić information content (AvgIpc) is 2.79. The van der Waals surface area contributed by atoms with Crippen molar-refractivity contribution < 1.29 is 18.7 Å². The number of carbonyl (C=O) groups excluding carboxylic acids is 1. The third-order valence-electron chi connectivity index (χ3n) is 4.72. The van der Waals surface area contributed by atoms with E-state index in [1.165, 1.54) is 19.2 Å². The van der Waals surface area contributed by atoms with Crippen molar-refractivity contribution in [1.29, 1.82) is 0 Å². The Morgan fingerprint density at radius 3 is 2.19 bits per heavy atom. The van der Waals surface area contributed by atoms with Crippen molar-refractivity contribution in [2.45, 2.75) is 26.2 Å². The molecule has 0 heterocycles. The molecule has 0 saturated heterocycles. The van der Waals surface area contributed by atoms with Gasteiger partial charge in [-0.25, -0.2) is 9.18 Å². The van der Waals surface area contributed by atoms with Gasteiger partial charge < -0.3 is 20.1 Å². The van der Waals surface area contributed by atoms with Crippen LogP contribution in [0, 0.1) is 5.82 Å². The van der Waals surface area contributed by atoms with Crippen LogP contribution in [0.1, 0.15) is 36.5 Å². The SMILES string of the molecule is CCCCCNc1ccc(Oc2ccc(Nc3ccc(F)cc3)cc2)cc1C(=O)OC. The lowest BCUT2D eigenvalue weighted by molar-refractivity contribution is 0.0601. The van der Waals surface area contributed by atoms with Crippen molar-refractivity contribution in [1.82, 2.24) is 0 Å². The molecule has 3 aromatic rings. The molecule has 3 aromatic carbocycles. The van der Waals surface area contributed by atoms with E-state index in [1.807, 2.05) is 36.4 Å². The van der Waals surface area contributed by atoms with Gasteiger partial charge in [0.15, 0.2) is 0 Å². The van der Waals surface area contributed by atoms with Crippen LogP contribution in [0.5, 0.6) is 11.5 Å². The highest BCUT2D eigenvalue weighted by molar-refractivity contribution is 5.96. The van der Waals surface area contributed by atoms with Gasteiger partial charge in [-0.2, -0.15) is 0 Å². The second-order valence-electron chi connectivity index (χ2n) is 7.09. The summed E-state index contributed by atoms with van der Waals surface area (Å²) in [6, 6.07) is 18.9. The van der Waals surface area contributed by atoms with E-state index < -0.39 is 5.97 Å². The highest BCUT2D eigenvalue weighted by atomic mass is 19.1. The second kappa shape index (κ2) is 11.0. The molecule has 2 N–H and O–H groups in total. The summed E-state index contributed by atoms with van der Waals surface area (Å²) in [6.45, 7) is 2.94. The molecule has 0 aliphatic rings. The molecule has 0 amide bonds. The van der Waals surface area contributed by atoms with E-state index in [-0.39, 0.29) is 5.82 Å². The fraction of sp³-hybridized carbons (Fsp3) is 0.240. The Balaban J connectivity index is 1.68. The molecule has 0 spiro atoms. The Labute approximate surface area is 182 Å². The predicted octanol–water partition coefficient (Wildman–Crippen LogP) is 6.75. The lowest BCUT2D eigenvalue weighted by Gasteiger charge is -2.13. The molecular weight excluding hydrogens is 395 g/mol. The molecule has 6 heteroatoms. The predicted molar refractivity (Wildman–Crippen MR) is 122 cm³/mol. The van der Waals surface area contributed by atoms with Crippen LogP contribution in [0.3, 0.4) is 0 Å². The monoisotopic (exact) mass is 422 g/mol. The Morgan fingerprint density at radius 2 is 1.55 bits per heavy atom. The van der Waals surface area contributed by atoms with Gasteiger partial charge in [0.05, 0.1) is 12.7 Å². The maximum absolute atomic E-state index is 13.0. The smallest absolute Gasteiger partial charge is 0.340 e. The van der Waals surface area contributed by atoms with Gasteiger partial charge in [0.25, 0.3) is 0 Å². The first-order valence-corrected chi connectivity index (χ1v) is 10.4. The molecule has 0 fully saturated rings. The number of halogens is 1. The molecule has 162 valence electrons. The Morgan fingerprint density at radius 1 is 0.903 bits per heavy atom. The Bertz CT molecular complexity index is 989. The van der Waals surface area contributed by atoms with Crippen molar-refractivity contribution in [3.05, 3.63) is 78.1 Å². The molecule has 0 aliphatic heterocycles. The lowest BCUT2D eigenvalue weighted by atomic mass is 10.1. The Kier molecular flexibility index (Phi) is 7.87. The van der Waals surface area contributed by atoms with Crippen molar-refractivity contribution in [2.75, 3.05) is 24.3 Å². The number of hydrogen-bond donors (Lipinski definition) is 2. The van der Waals surface area contributed by atoms with E-state index >= 15 is 0 Å². The van der Waals surface area contributed by atoms with Gasteiger partial charge in [-0.3, -0.25) is 0 Å². The maximum Gasteiger partial charge on any atom is 0.340 e. The summed E-state index contributed by atoms with van der Waals surface area (Å²) in [6.07, 6.45) is 3.30. The van der Waals surface area contributed by atoms with Gasteiger partial charge >= 0.3 is 5.97 Å². The number of hydrogen-bond acceptors (Lipinski definition) is 5. The molecule has 0 aromatic heterocycles. The first-order chi connectivity index (χ1) is 15.1. The zero-order chi connectivity index (χ0) is 22.1. The summed E-state index contributed by atoms with van der Waals surface area (Å²) >= 11 is 0. The van der Waals surface area contributed by atoms with Gasteiger partial charge in [-0.1, -0.05) is 19.8 Å². The zero-order valence-electron chi connectivity index (χ0n) is 17.8. The standard InChI is InChI=1S/C25H27FN2O3/c1-3-4-5-16-27-24-15-14-22(17-23(24)25(29)30-2)31-21-12-10-20(11-13-21)28-19-8-6-18(26)7-9-19/h6-15,17,27-28H,3-5,16H2,1-2H3. The van der Waals surface area contributed by atoms with E-state index in [9.17, 15) is 9.18 Å². The minimum absolute atomic E-state index is 0.275. The average molecular weight is 423 g/mol. The molecule has 0 radical (unpaired) electrons. The highest BCUT2D eigenvalue weighted by Crippen LogP contribution is 2.28. The highest BCUT2D eigenvalue weighted by Gasteiger charge is 2.13. The summed E-state index contributed by atoms with van der Waals surface area (Å²) in [4.78, 5) is 12.2. The fourth-order valence-electron chi connectivity index (χ4n) is 3.06. The normalized spacial score (nSPS) is 10.4. The van der Waals surface area contributed by atoms with Crippen LogP contribution in [0.4, 0.5) is 21.5 Å². The molecule has 0 unspecified atom stereocenters. The van der Waals surface area contributed by atoms with Gasteiger partial charge in [0.1, 0.15) is 17.3 Å². The molecule has 5 nitrogen and oxygen atoms in total. The maximum atomic E-state index is 13.0. The van der Waals surface area contributed by atoms with Crippen LogP contribution in [-0.4, -0.2) is 19.6 Å². The number of rotatable bonds is 10. The molecule has 0 atom stereocenters. The summed E-state index contributed by atoms with van der Waals surface area (Å²) in [7, 11) is 1.36. The number of carbonyl (C=O) groups is 1. The number of nitrogens with one attached hydrogen (secondary N) is 2. The van der Waals surface area contributed by atoms with Crippen molar-refractivity contribution in [3.63, 3.8) is 0 Å².